The molecule has 0 spiro atoms. The molecule has 0 atom stereocenters. The lowest BCUT2D eigenvalue weighted by Gasteiger charge is -2.23. The standard InChI is InChI=1S/C17H17F3N4O2/c1-10(2)6-7-24(16(26)15(23-22)11(3)25)13-5-4-12(9-21)14(8-13)17(18,19)20/h4-5,8,10H,6-7H2,1-3H3. The van der Waals surface area contributed by atoms with Crippen LogP contribution in [0.4, 0.5) is 18.9 Å². The van der Waals surface area contributed by atoms with Gasteiger partial charge in [0.1, 0.15) is 0 Å². The number of Topliss-reactive ketones (excluding diaryl/α,β-unsaturated/α-hetero) is 1. The van der Waals surface area contributed by atoms with Crippen LogP contribution in [0.25, 0.3) is 5.53 Å². The van der Waals surface area contributed by atoms with Crippen LogP contribution in [0.15, 0.2) is 18.2 Å². The Bertz CT molecular complexity index is 803. The van der Waals surface area contributed by atoms with Crippen molar-refractivity contribution in [2.45, 2.75) is 33.4 Å². The molecule has 1 aromatic carbocycles. The second-order valence-corrected chi connectivity index (χ2v) is 5.98. The third-order valence-corrected chi connectivity index (χ3v) is 3.55. The van der Waals surface area contributed by atoms with Gasteiger partial charge in [0.05, 0.1) is 17.2 Å². The van der Waals surface area contributed by atoms with Gasteiger partial charge in [-0.2, -0.15) is 23.2 Å². The van der Waals surface area contributed by atoms with Crippen LogP contribution in [-0.2, 0) is 15.8 Å². The van der Waals surface area contributed by atoms with Gasteiger partial charge in [-0.25, -0.2) is 0 Å². The molecule has 0 bridgehead atoms. The van der Waals surface area contributed by atoms with E-state index in [1.54, 1.807) is 0 Å². The minimum absolute atomic E-state index is 0.00595. The number of hydrogen-bond donors (Lipinski definition) is 0. The normalized spacial score (nSPS) is 10.8. The van der Waals surface area contributed by atoms with Gasteiger partial charge in [-0.15, -0.1) is 0 Å². The van der Waals surface area contributed by atoms with Crippen molar-refractivity contribution in [1.82, 2.24) is 0 Å². The molecule has 138 valence electrons. The van der Waals surface area contributed by atoms with Crippen molar-refractivity contribution in [3.05, 3.63) is 34.9 Å². The van der Waals surface area contributed by atoms with Crippen molar-refractivity contribution in [1.29, 1.82) is 5.26 Å². The molecule has 6 nitrogen and oxygen atoms in total. The third-order valence-electron chi connectivity index (χ3n) is 3.55. The number of amides is 1. The van der Waals surface area contributed by atoms with Gasteiger partial charge in [-0.05, 0) is 30.5 Å². The van der Waals surface area contributed by atoms with Crippen LogP contribution >= 0.6 is 0 Å². The van der Waals surface area contributed by atoms with Gasteiger partial charge in [-0.3, -0.25) is 9.59 Å². The Balaban J connectivity index is 3.49. The molecule has 0 aliphatic heterocycles. The highest BCUT2D eigenvalue weighted by atomic mass is 19.4. The van der Waals surface area contributed by atoms with E-state index in [1.165, 1.54) is 12.1 Å². The maximum atomic E-state index is 13.2. The van der Waals surface area contributed by atoms with Crippen molar-refractivity contribution in [2.24, 2.45) is 5.92 Å². The second kappa shape index (κ2) is 8.41. The topological polar surface area (TPSA) is 97.6 Å². The number of ketones is 1. The number of alkyl halides is 3. The molecule has 26 heavy (non-hydrogen) atoms. The van der Waals surface area contributed by atoms with Gasteiger partial charge in [0.15, 0.2) is 0 Å². The fraction of sp³-hybridized carbons (Fsp3) is 0.412. The van der Waals surface area contributed by atoms with Gasteiger partial charge in [0, 0.05) is 19.2 Å². The molecular weight excluding hydrogens is 349 g/mol. The van der Waals surface area contributed by atoms with Crippen LogP contribution in [-0.4, -0.2) is 28.7 Å². The summed E-state index contributed by atoms with van der Waals surface area (Å²) in [6.07, 6.45) is -4.36. The minimum atomic E-state index is -4.79. The van der Waals surface area contributed by atoms with E-state index < -0.39 is 34.7 Å². The first-order chi connectivity index (χ1) is 12.0. The lowest BCUT2D eigenvalue weighted by Crippen LogP contribution is -2.41. The molecule has 0 saturated heterocycles. The lowest BCUT2D eigenvalue weighted by atomic mass is 10.0. The van der Waals surface area contributed by atoms with Gasteiger partial charge >= 0.3 is 17.8 Å². The van der Waals surface area contributed by atoms with Crippen LogP contribution in [0.1, 0.15) is 38.3 Å². The minimum Gasteiger partial charge on any atom is -0.360 e. The van der Waals surface area contributed by atoms with E-state index in [-0.39, 0.29) is 18.2 Å². The molecular formula is C17H17F3N4O2. The molecule has 0 aliphatic carbocycles. The summed E-state index contributed by atoms with van der Waals surface area (Å²) in [6.45, 7) is 4.72. The molecule has 1 amide bonds. The molecule has 0 radical (unpaired) electrons. The molecule has 9 heteroatoms. The van der Waals surface area contributed by atoms with Crippen LogP contribution in [0, 0.1) is 17.2 Å². The predicted molar refractivity (Wildman–Crippen MR) is 87.3 cm³/mol. The molecule has 0 aliphatic rings. The van der Waals surface area contributed by atoms with E-state index in [0.29, 0.717) is 12.5 Å². The fourth-order valence-electron chi connectivity index (χ4n) is 2.16. The SMILES string of the molecule is CC(=O)C(=[N+]=[N-])C(=O)N(CCC(C)C)c1ccc(C#N)c(C(F)(F)F)c1. The third kappa shape index (κ3) is 5.01. The van der Waals surface area contributed by atoms with E-state index >= 15 is 0 Å². The van der Waals surface area contributed by atoms with E-state index in [9.17, 15) is 22.8 Å². The molecule has 0 saturated carbocycles. The first kappa shape index (κ1) is 21.1. The summed E-state index contributed by atoms with van der Waals surface area (Å²) in [5, 5.41) is 8.87. The fourth-order valence-corrected chi connectivity index (χ4v) is 2.16. The molecule has 0 fully saturated rings. The Morgan fingerprint density at radius 1 is 1.35 bits per heavy atom. The zero-order valence-corrected chi connectivity index (χ0v) is 14.5. The Kier molecular flexibility index (Phi) is 6.81. The number of carbonyl (C=O) groups excluding carboxylic acids is 2. The summed E-state index contributed by atoms with van der Waals surface area (Å²) in [5.41, 5.74) is 6.20. The molecule has 0 unspecified atom stereocenters. The van der Waals surface area contributed by atoms with Crippen molar-refractivity contribution in [3.8, 4) is 6.07 Å². The Labute approximate surface area is 148 Å². The van der Waals surface area contributed by atoms with Gasteiger partial charge in [-0.1, -0.05) is 13.8 Å². The van der Waals surface area contributed by atoms with Gasteiger partial charge in [0.25, 0.3) is 0 Å². The first-order valence-electron chi connectivity index (χ1n) is 7.69. The summed E-state index contributed by atoms with van der Waals surface area (Å²) in [7, 11) is 0. The molecule has 0 aromatic heterocycles. The molecule has 0 heterocycles. The number of nitriles is 1. The van der Waals surface area contributed by atoms with E-state index in [1.807, 2.05) is 13.8 Å². The predicted octanol–water partition coefficient (Wildman–Crippen LogP) is 3.22. The molecule has 1 aromatic rings. The van der Waals surface area contributed by atoms with Gasteiger partial charge < -0.3 is 10.4 Å². The van der Waals surface area contributed by atoms with Crippen LogP contribution in [0.2, 0.25) is 0 Å². The highest BCUT2D eigenvalue weighted by molar-refractivity contribution is 6.65. The average Bonchev–Trinajstić information content (AvgIpc) is 2.54. The monoisotopic (exact) mass is 366 g/mol. The number of hydrogen-bond acceptors (Lipinski definition) is 3. The average molecular weight is 366 g/mol. The van der Waals surface area contributed by atoms with Gasteiger partial charge in [0.2, 0.25) is 5.78 Å². The highest BCUT2D eigenvalue weighted by Crippen LogP contribution is 2.34. The summed E-state index contributed by atoms with van der Waals surface area (Å²) in [6, 6.07) is 4.27. The molecule has 0 N–H and O–H groups in total. The maximum absolute atomic E-state index is 13.2. The molecule has 1 rings (SSSR count). The van der Waals surface area contributed by atoms with E-state index in [0.717, 1.165) is 17.9 Å². The van der Waals surface area contributed by atoms with Crippen LogP contribution in [0.3, 0.4) is 0 Å². The number of anilines is 1. The smallest absolute Gasteiger partial charge is 0.360 e. The Hall–Kier alpha value is -2.98. The zero-order chi connectivity index (χ0) is 20.1. The Morgan fingerprint density at radius 3 is 2.38 bits per heavy atom. The number of benzene rings is 1. The summed E-state index contributed by atoms with van der Waals surface area (Å²) in [5.74, 6) is -1.71. The summed E-state index contributed by atoms with van der Waals surface area (Å²) >= 11 is 0. The van der Waals surface area contributed by atoms with Crippen LogP contribution < -0.4 is 4.90 Å². The quantitative estimate of drug-likeness (QED) is 0.334. The van der Waals surface area contributed by atoms with E-state index in [4.69, 9.17) is 10.8 Å². The summed E-state index contributed by atoms with van der Waals surface area (Å²) in [4.78, 5) is 27.6. The highest BCUT2D eigenvalue weighted by Gasteiger charge is 2.36. The zero-order valence-electron chi connectivity index (χ0n) is 14.5. The summed E-state index contributed by atoms with van der Waals surface area (Å²) < 4.78 is 39.5. The van der Waals surface area contributed by atoms with Crippen molar-refractivity contribution < 1.29 is 27.6 Å². The second-order valence-electron chi connectivity index (χ2n) is 5.98. The van der Waals surface area contributed by atoms with Crippen molar-refractivity contribution in [2.75, 3.05) is 11.4 Å². The Morgan fingerprint density at radius 2 is 1.96 bits per heavy atom. The first-order valence-corrected chi connectivity index (χ1v) is 7.69. The van der Waals surface area contributed by atoms with Crippen molar-refractivity contribution >= 4 is 23.1 Å². The number of nitrogens with zero attached hydrogens (tertiary/aromatic N) is 4. The largest absolute Gasteiger partial charge is 0.421 e. The number of halogens is 3. The number of carbonyl (C=O) groups is 2. The lowest BCUT2D eigenvalue weighted by molar-refractivity contribution is -0.137. The van der Waals surface area contributed by atoms with Crippen molar-refractivity contribution in [3.63, 3.8) is 0 Å². The van der Waals surface area contributed by atoms with Crippen LogP contribution in [0.5, 0.6) is 0 Å². The van der Waals surface area contributed by atoms with E-state index in [2.05, 4.69) is 4.79 Å². The maximum Gasteiger partial charge on any atom is 0.421 e. The number of rotatable bonds is 6.